The van der Waals surface area contributed by atoms with Crippen molar-refractivity contribution in [3.63, 3.8) is 0 Å². The lowest BCUT2D eigenvalue weighted by molar-refractivity contribution is -0.125. The Morgan fingerprint density at radius 2 is 1.57 bits per heavy atom. The summed E-state index contributed by atoms with van der Waals surface area (Å²) in [5.41, 5.74) is 0.657. The summed E-state index contributed by atoms with van der Waals surface area (Å²) in [6.07, 6.45) is 0. The van der Waals surface area contributed by atoms with Crippen LogP contribution >= 0.6 is 11.6 Å². The van der Waals surface area contributed by atoms with Crippen molar-refractivity contribution in [2.45, 2.75) is 5.25 Å². The van der Waals surface area contributed by atoms with Gasteiger partial charge in [0, 0.05) is 5.02 Å². The first kappa shape index (κ1) is 15.7. The van der Waals surface area contributed by atoms with Crippen LogP contribution in [0.3, 0.4) is 0 Å². The molecule has 5 nitrogen and oxygen atoms in total. The first-order valence-electron chi connectivity index (χ1n) is 6.79. The fourth-order valence-corrected chi connectivity index (χ4v) is 4.30. The van der Waals surface area contributed by atoms with Gasteiger partial charge in [-0.3, -0.25) is 9.59 Å². The molecule has 118 valence electrons. The van der Waals surface area contributed by atoms with Gasteiger partial charge in [-0.2, -0.15) is 0 Å². The van der Waals surface area contributed by atoms with Crippen molar-refractivity contribution in [1.29, 1.82) is 0 Å². The van der Waals surface area contributed by atoms with Crippen molar-refractivity contribution >= 4 is 38.9 Å². The fourth-order valence-electron chi connectivity index (χ4n) is 2.55. The number of anilines is 1. The number of rotatable bonds is 2. The van der Waals surface area contributed by atoms with Crippen molar-refractivity contribution < 1.29 is 18.0 Å². The SMILES string of the molecule is O=C1CS(=O)(=O)C(c2ccccc2)C(=O)N1c1ccc(Cl)cc1. The molecule has 2 aromatic carbocycles. The predicted octanol–water partition coefficient (Wildman–Crippen LogP) is 2.37. The van der Waals surface area contributed by atoms with Gasteiger partial charge in [0.25, 0.3) is 5.91 Å². The van der Waals surface area contributed by atoms with Crippen LogP contribution in [-0.2, 0) is 19.4 Å². The summed E-state index contributed by atoms with van der Waals surface area (Å²) in [5, 5.41) is -0.921. The lowest BCUT2D eigenvalue weighted by Gasteiger charge is -2.30. The van der Waals surface area contributed by atoms with Gasteiger partial charge in [-0.1, -0.05) is 41.9 Å². The number of nitrogens with zero attached hydrogens (tertiary/aromatic N) is 1. The number of amides is 2. The average Bonchev–Trinajstić information content (AvgIpc) is 2.49. The number of halogens is 1. The van der Waals surface area contributed by atoms with Gasteiger partial charge in [0.2, 0.25) is 5.91 Å². The van der Waals surface area contributed by atoms with Crippen molar-refractivity contribution in [3.8, 4) is 0 Å². The average molecular weight is 350 g/mol. The quantitative estimate of drug-likeness (QED) is 0.780. The molecule has 1 aliphatic rings. The number of sulfone groups is 1. The molecule has 0 aliphatic carbocycles. The van der Waals surface area contributed by atoms with E-state index >= 15 is 0 Å². The van der Waals surface area contributed by atoms with E-state index in [9.17, 15) is 18.0 Å². The first-order chi connectivity index (χ1) is 10.9. The van der Waals surface area contributed by atoms with Gasteiger partial charge in [-0.25, -0.2) is 13.3 Å². The van der Waals surface area contributed by atoms with Crippen LogP contribution in [0.4, 0.5) is 5.69 Å². The second kappa shape index (κ2) is 5.79. The molecular weight excluding hydrogens is 338 g/mol. The summed E-state index contributed by atoms with van der Waals surface area (Å²) < 4.78 is 24.7. The summed E-state index contributed by atoms with van der Waals surface area (Å²) in [5.74, 6) is -2.24. The first-order valence-corrected chi connectivity index (χ1v) is 8.88. The van der Waals surface area contributed by atoms with Crippen LogP contribution in [0.2, 0.25) is 5.02 Å². The Hall–Kier alpha value is -2.18. The van der Waals surface area contributed by atoms with E-state index in [4.69, 9.17) is 11.6 Å². The summed E-state index contributed by atoms with van der Waals surface area (Å²) in [6.45, 7) is 0. The third-order valence-corrected chi connectivity index (χ3v) is 5.66. The molecule has 1 saturated heterocycles. The zero-order valence-electron chi connectivity index (χ0n) is 11.8. The topological polar surface area (TPSA) is 71.5 Å². The number of hydrogen-bond donors (Lipinski definition) is 0. The molecule has 1 fully saturated rings. The molecule has 1 unspecified atom stereocenters. The molecule has 0 N–H and O–H groups in total. The summed E-state index contributed by atoms with van der Waals surface area (Å²) in [7, 11) is -3.89. The molecular formula is C16H12ClNO4S. The van der Waals surface area contributed by atoms with E-state index in [1.54, 1.807) is 30.3 Å². The fraction of sp³-hybridized carbons (Fsp3) is 0.125. The Morgan fingerprint density at radius 1 is 0.957 bits per heavy atom. The smallest absolute Gasteiger partial charge is 0.256 e. The maximum absolute atomic E-state index is 12.7. The van der Waals surface area contributed by atoms with Gasteiger partial charge in [-0.15, -0.1) is 0 Å². The Balaban J connectivity index is 2.08. The summed E-state index contributed by atoms with van der Waals surface area (Å²) >= 11 is 5.81. The minimum absolute atomic E-state index is 0.306. The van der Waals surface area contributed by atoms with Gasteiger partial charge in [0.1, 0.15) is 5.75 Å². The molecule has 2 aromatic rings. The van der Waals surface area contributed by atoms with Gasteiger partial charge in [-0.05, 0) is 29.8 Å². The van der Waals surface area contributed by atoms with E-state index in [0.29, 0.717) is 16.3 Å². The van der Waals surface area contributed by atoms with E-state index in [0.717, 1.165) is 4.90 Å². The molecule has 23 heavy (non-hydrogen) atoms. The third kappa shape index (κ3) is 2.87. The molecule has 0 spiro atoms. The van der Waals surface area contributed by atoms with Gasteiger partial charge in [0.15, 0.2) is 15.1 Å². The minimum atomic E-state index is -3.89. The zero-order chi connectivity index (χ0) is 16.6. The van der Waals surface area contributed by atoms with Crippen LogP contribution in [0.1, 0.15) is 10.8 Å². The Morgan fingerprint density at radius 3 is 2.17 bits per heavy atom. The van der Waals surface area contributed by atoms with Crippen LogP contribution in [0.25, 0.3) is 0 Å². The van der Waals surface area contributed by atoms with E-state index in [1.807, 2.05) is 0 Å². The number of carbonyl (C=O) groups is 2. The molecule has 0 bridgehead atoms. The molecule has 2 amide bonds. The molecule has 1 aliphatic heterocycles. The Labute approximate surface area is 138 Å². The standard InChI is InChI=1S/C16H12ClNO4S/c17-12-6-8-13(9-7-12)18-14(19)10-23(21,22)15(16(18)20)11-4-2-1-3-5-11/h1-9,15H,10H2. The third-order valence-electron chi connectivity index (χ3n) is 3.57. The largest absolute Gasteiger partial charge is 0.273 e. The maximum Gasteiger partial charge on any atom is 0.256 e. The Kier molecular flexibility index (Phi) is 3.95. The van der Waals surface area contributed by atoms with Crippen LogP contribution in [0.5, 0.6) is 0 Å². The normalized spacial score (nSPS) is 20.6. The highest BCUT2D eigenvalue weighted by Crippen LogP contribution is 2.32. The van der Waals surface area contributed by atoms with Crippen LogP contribution < -0.4 is 4.90 Å². The van der Waals surface area contributed by atoms with Crippen LogP contribution in [0.15, 0.2) is 54.6 Å². The molecule has 7 heteroatoms. The predicted molar refractivity (Wildman–Crippen MR) is 86.9 cm³/mol. The maximum atomic E-state index is 12.7. The van der Waals surface area contributed by atoms with Crippen molar-refractivity contribution in [2.75, 3.05) is 10.7 Å². The Bertz CT molecular complexity index is 863. The van der Waals surface area contributed by atoms with Crippen molar-refractivity contribution in [1.82, 2.24) is 0 Å². The molecule has 0 radical (unpaired) electrons. The second-order valence-corrected chi connectivity index (χ2v) is 7.66. The lowest BCUT2D eigenvalue weighted by atomic mass is 10.1. The monoisotopic (exact) mass is 349 g/mol. The molecule has 0 aromatic heterocycles. The molecule has 3 rings (SSSR count). The summed E-state index contributed by atoms with van der Waals surface area (Å²) in [4.78, 5) is 25.8. The van der Waals surface area contributed by atoms with Crippen LogP contribution in [-0.4, -0.2) is 26.0 Å². The van der Waals surface area contributed by atoms with E-state index in [1.165, 1.54) is 24.3 Å². The molecule has 1 heterocycles. The van der Waals surface area contributed by atoms with Crippen molar-refractivity contribution in [2.24, 2.45) is 0 Å². The van der Waals surface area contributed by atoms with E-state index in [2.05, 4.69) is 0 Å². The number of carbonyl (C=O) groups excluding carboxylic acids is 2. The number of benzene rings is 2. The molecule has 1 atom stereocenters. The number of imide groups is 1. The van der Waals surface area contributed by atoms with Gasteiger partial charge < -0.3 is 0 Å². The molecule has 0 saturated carbocycles. The highest BCUT2D eigenvalue weighted by atomic mass is 35.5. The summed E-state index contributed by atoms with van der Waals surface area (Å²) in [6, 6.07) is 14.3. The lowest BCUT2D eigenvalue weighted by Crippen LogP contribution is -2.51. The van der Waals surface area contributed by atoms with Gasteiger partial charge >= 0.3 is 0 Å². The minimum Gasteiger partial charge on any atom is -0.273 e. The van der Waals surface area contributed by atoms with Crippen LogP contribution in [0, 0.1) is 0 Å². The second-order valence-electron chi connectivity index (χ2n) is 5.14. The highest BCUT2D eigenvalue weighted by Gasteiger charge is 2.46. The van der Waals surface area contributed by atoms with E-state index < -0.39 is 32.7 Å². The number of hydrogen-bond acceptors (Lipinski definition) is 4. The van der Waals surface area contributed by atoms with Gasteiger partial charge in [0.05, 0.1) is 5.69 Å². The van der Waals surface area contributed by atoms with E-state index in [-0.39, 0.29) is 0 Å². The highest BCUT2D eigenvalue weighted by molar-refractivity contribution is 7.93. The zero-order valence-corrected chi connectivity index (χ0v) is 13.4. The van der Waals surface area contributed by atoms with Crippen molar-refractivity contribution in [3.05, 3.63) is 65.2 Å².